The first-order valence-corrected chi connectivity index (χ1v) is 16.6. The summed E-state index contributed by atoms with van der Waals surface area (Å²) >= 11 is 0. The van der Waals surface area contributed by atoms with Crippen LogP contribution in [0.25, 0.3) is 77.3 Å². The summed E-state index contributed by atoms with van der Waals surface area (Å²) in [6, 6.07) is 57.1. The van der Waals surface area contributed by atoms with Crippen LogP contribution in [0.5, 0.6) is 0 Å². The van der Waals surface area contributed by atoms with Crippen LogP contribution in [0.15, 0.2) is 164 Å². The summed E-state index contributed by atoms with van der Waals surface area (Å²) in [5.41, 5.74) is 10.1. The van der Waals surface area contributed by atoms with Crippen molar-refractivity contribution in [2.24, 2.45) is 5.92 Å². The Morgan fingerprint density at radius 2 is 1.10 bits per heavy atom. The SMILES string of the molecule is CC1C=CC=CC1n1c(-c2c#cc(-c3ccc4c(-c5ccccc5)c5ccccc5c(-c5ccccc5)c4c3)cc2)nc2ccccc21. The second-order valence-corrected chi connectivity index (χ2v) is 12.6. The van der Waals surface area contributed by atoms with Gasteiger partial charge in [0.05, 0.1) is 22.6 Å². The molecule has 0 saturated heterocycles. The molecule has 8 aromatic rings. The van der Waals surface area contributed by atoms with Gasteiger partial charge in [0, 0.05) is 5.56 Å². The minimum Gasteiger partial charge on any atom is -0.316 e. The third kappa shape index (κ3) is 4.63. The van der Waals surface area contributed by atoms with Crippen LogP contribution in [0.4, 0.5) is 0 Å². The molecule has 0 bridgehead atoms. The number of hydrogen-bond acceptors (Lipinski definition) is 1. The lowest BCUT2D eigenvalue weighted by Crippen LogP contribution is -2.16. The molecule has 0 fully saturated rings. The standard InChI is InChI=1S/C46H32N2/c1-31-14-8-12-22-42(31)48-43-23-13-11-21-41(43)47-46(48)35-26-24-32(25-27-35)36-28-29-39-40(30-36)45(34-17-6-3-7-18-34)38-20-10-9-19-37(38)44(39)33-15-4-2-5-16-33/h2-24,26,28-31,42H,1H3. The highest BCUT2D eigenvalue weighted by molar-refractivity contribution is 6.21. The van der Waals surface area contributed by atoms with Crippen LogP contribution in [0.1, 0.15) is 13.0 Å². The molecule has 1 aliphatic rings. The fourth-order valence-corrected chi connectivity index (χ4v) is 7.43. The van der Waals surface area contributed by atoms with Gasteiger partial charge in [0.25, 0.3) is 0 Å². The lowest BCUT2D eigenvalue weighted by atomic mass is 9.85. The number of benzene rings is 6. The number of aromatic nitrogens is 2. The van der Waals surface area contributed by atoms with E-state index in [-0.39, 0.29) is 6.04 Å². The second-order valence-electron chi connectivity index (χ2n) is 12.6. The molecular weight excluding hydrogens is 581 g/mol. The van der Waals surface area contributed by atoms with Gasteiger partial charge in [0.15, 0.2) is 0 Å². The summed E-state index contributed by atoms with van der Waals surface area (Å²) < 4.78 is 2.36. The van der Waals surface area contributed by atoms with Gasteiger partial charge in [-0.3, -0.25) is 0 Å². The van der Waals surface area contributed by atoms with Gasteiger partial charge in [0.1, 0.15) is 5.82 Å². The largest absolute Gasteiger partial charge is 0.316 e. The molecule has 0 spiro atoms. The van der Waals surface area contributed by atoms with Crippen molar-refractivity contribution >= 4 is 32.6 Å². The van der Waals surface area contributed by atoms with Gasteiger partial charge in [-0.1, -0.05) is 153 Å². The Morgan fingerprint density at radius 1 is 0.521 bits per heavy atom. The highest BCUT2D eigenvalue weighted by Crippen LogP contribution is 2.44. The van der Waals surface area contributed by atoms with E-state index in [0.717, 1.165) is 33.5 Å². The average molecular weight is 613 g/mol. The Bertz CT molecular complexity index is 2500. The molecule has 1 heterocycles. The van der Waals surface area contributed by atoms with Gasteiger partial charge in [0.2, 0.25) is 0 Å². The van der Waals surface area contributed by atoms with E-state index < -0.39 is 0 Å². The fraction of sp³-hybridized carbons (Fsp3) is 0.0652. The lowest BCUT2D eigenvalue weighted by molar-refractivity contribution is 0.500. The zero-order valence-corrected chi connectivity index (χ0v) is 26.6. The minimum absolute atomic E-state index is 0.177. The number of allylic oxidation sites excluding steroid dienone is 4. The topological polar surface area (TPSA) is 17.8 Å². The zero-order valence-electron chi connectivity index (χ0n) is 26.6. The summed E-state index contributed by atoms with van der Waals surface area (Å²) in [6.07, 6.45) is 8.80. The smallest absolute Gasteiger partial charge is 0.150 e. The van der Waals surface area contributed by atoms with Crippen molar-refractivity contribution in [1.82, 2.24) is 9.55 Å². The maximum atomic E-state index is 5.10. The van der Waals surface area contributed by atoms with Crippen LogP contribution in [0.2, 0.25) is 0 Å². The van der Waals surface area contributed by atoms with Crippen molar-refractivity contribution in [2.45, 2.75) is 13.0 Å². The van der Waals surface area contributed by atoms with Crippen LogP contribution >= 0.6 is 0 Å². The molecule has 0 aliphatic heterocycles. The number of nitrogens with zero attached hydrogens (tertiary/aromatic N) is 2. The Labute approximate surface area is 281 Å². The molecule has 226 valence electrons. The quantitative estimate of drug-likeness (QED) is 0.177. The molecular formula is C46H32N2. The molecule has 2 heteroatoms. The van der Waals surface area contributed by atoms with Gasteiger partial charge in [-0.15, -0.1) is 0 Å². The second kappa shape index (κ2) is 11.6. The molecule has 9 rings (SSSR count). The maximum Gasteiger partial charge on any atom is 0.150 e. The van der Waals surface area contributed by atoms with E-state index in [0.29, 0.717) is 5.92 Å². The monoisotopic (exact) mass is 612 g/mol. The number of fused-ring (bicyclic) bond motifs is 3. The summed E-state index contributed by atoms with van der Waals surface area (Å²) in [6.45, 7) is 2.26. The molecule has 0 saturated carbocycles. The van der Waals surface area contributed by atoms with E-state index >= 15 is 0 Å². The molecule has 1 aromatic heterocycles. The highest BCUT2D eigenvalue weighted by atomic mass is 15.1. The molecule has 2 atom stereocenters. The van der Waals surface area contributed by atoms with Crippen LogP contribution < -0.4 is 0 Å². The molecule has 0 radical (unpaired) electrons. The Balaban J connectivity index is 1.22. The van der Waals surface area contributed by atoms with Crippen molar-refractivity contribution in [3.63, 3.8) is 0 Å². The van der Waals surface area contributed by atoms with E-state index in [2.05, 4.69) is 187 Å². The van der Waals surface area contributed by atoms with Gasteiger partial charge in [-0.25, -0.2) is 4.98 Å². The highest BCUT2D eigenvalue weighted by Gasteiger charge is 2.23. The lowest BCUT2D eigenvalue weighted by Gasteiger charge is -2.24. The van der Waals surface area contributed by atoms with E-state index in [1.807, 2.05) is 0 Å². The van der Waals surface area contributed by atoms with Gasteiger partial charge >= 0.3 is 0 Å². The predicted molar refractivity (Wildman–Crippen MR) is 201 cm³/mol. The average Bonchev–Trinajstić information content (AvgIpc) is 3.54. The van der Waals surface area contributed by atoms with Crippen molar-refractivity contribution in [3.05, 3.63) is 176 Å². The maximum absolute atomic E-state index is 5.10. The summed E-state index contributed by atoms with van der Waals surface area (Å²) in [7, 11) is 0. The third-order valence-electron chi connectivity index (χ3n) is 9.72. The minimum atomic E-state index is 0.177. The molecule has 48 heavy (non-hydrogen) atoms. The summed E-state index contributed by atoms with van der Waals surface area (Å²) in [4.78, 5) is 5.10. The van der Waals surface area contributed by atoms with Crippen molar-refractivity contribution in [1.29, 1.82) is 0 Å². The normalized spacial score (nSPS) is 15.7. The first-order chi connectivity index (χ1) is 23.7. The third-order valence-corrected chi connectivity index (χ3v) is 9.72. The number of imidazole rings is 1. The Morgan fingerprint density at radius 3 is 1.79 bits per heavy atom. The predicted octanol–water partition coefficient (Wildman–Crippen LogP) is 11.9. The van der Waals surface area contributed by atoms with E-state index in [4.69, 9.17) is 4.98 Å². The van der Waals surface area contributed by atoms with Gasteiger partial charge in [-0.2, -0.15) is 0 Å². The number of rotatable bonds is 5. The van der Waals surface area contributed by atoms with Crippen LogP contribution in [-0.4, -0.2) is 9.55 Å². The van der Waals surface area contributed by atoms with Crippen molar-refractivity contribution in [3.8, 4) is 44.8 Å². The van der Waals surface area contributed by atoms with E-state index in [9.17, 15) is 0 Å². The first-order valence-electron chi connectivity index (χ1n) is 16.6. The molecule has 2 nitrogen and oxygen atoms in total. The first kappa shape index (κ1) is 28.1. The molecule has 7 aromatic carbocycles. The van der Waals surface area contributed by atoms with Crippen LogP contribution in [0, 0.1) is 18.1 Å². The van der Waals surface area contributed by atoms with Gasteiger partial charge in [-0.05, 0) is 85.6 Å². The molecule has 1 aliphatic carbocycles. The number of hydrogen-bond donors (Lipinski definition) is 0. The summed E-state index contributed by atoms with van der Waals surface area (Å²) in [5.74, 6) is 1.27. The van der Waals surface area contributed by atoms with E-state index in [1.54, 1.807) is 0 Å². The van der Waals surface area contributed by atoms with Gasteiger partial charge < -0.3 is 4.57 Å². The van der Waals surface area contributed by atoms with Crippen LogP contribution in [0.3, 0.4) is 0 Å². The van der Waals surface area contributed by atoms with E-state index in [1.165, 1.54) is 43.8 Å². The fourth-order valence-electron chi connectivity index (χ4n) is 7.43. The molecule has 0 amide bonds. The Kier molecular flexibility index (Phi) is 6.77. The summed E-state index contributed by atoms with van der Waals surface area (Å²) in [5, 5.41) is 4.97. The van der Waals surface area contributed by atoms with Crippen molar-refractivity contribution < 1.29 is 0 Å². The Hall–Kier alpha value is -6.17. The van der Waals surface area contributed by atoms with Crippen molar-refractivity contribution in [2.75, 3.05) is 0 Å². The number of para-hydroxylation sites is 2. The van der Waals surface area contributed by atoms with Crippen LogP contribution in [-0.2, 0) is 0 Å². The zero-order chi connectivity index (χ0) is 32.0. The molecule has 0 N–H and O–H groups in total. The molecule has 2 unspecified atom stereocenters.